The number of aliphatic hydroxyl groups excluding tert-OH is 9. The summed E-state index contributed by atoms with van der Waals surface area (Å²) in [6.07, 6.45) is -19.7. The largest absolute Gasteiger partial charge is 0.394 e. The highest BCUT2D eigenvalue weighted by atomic mass is 28.3. The third kappa shape index (κ3) is 8.13. The highest BCUT2D eigenvalue weighted by molar-refractivity contribution is 6.76. The molecule has 230 valence electrons. The summed E-state index contributed by atoms with van der Waals surface area (Å²) in [5, 5.41) is 91.3. The Balaban J connectivity index is 1.62. The van der Waals surface area contributed by atoms with E-state index >= 15 is 0 Å². The second kappa shape index (κ2) is 14.2. The van der Waals surface area contributed by atoms with E-state index in [0.717, 1.165) is 6.04 Å². The molecule has 3 aliphatic heterocycles. The van der Waals surface area contributed by atoms with Crippen LogP contribution in [0.3, 0.4) is 0 Å². The van der Waals surface area contributed by atoms with E-state index < -0.39 is 114 Å². The average molecular weight is 589 g/mol. The summed E-state index contributed by atoms with van der Waals surface area (Å²) >= 11 is 0. The minimum Gasteiger partial charge on any atom is -0.394 e. The second-order valence-corrected chi connectivity index (χ2v) is 17.0. The number of ether oxygens (including phenoxy) is 6. The molecular formula is C23H44O15Si. The van der Waals surface area contributed by atoms with Crippen molar-refractivity contribution in [1.29, 1.82) is 0 Å². The molecule has 0 unspecified atom stereocenters. The van der Waals surface area contributed by atoms with E-state index in [9.17, 15) is 46.0 Å². The van der Waals surface area contributed by atoms with Gasteiger partial charge < -0.3 is 74.4 Å². The maximum atomic E-state index is 10.7. The summed E-state index contributed by atoms with van der Waals surface area (Å²) in [5.41, 5.74) is 0. The van der Waals surface area contributed by atoms with Crippen LogP contribution in [-0.2, 0) is 28.4 Å². The van der Waals surface area contributed by atoms with Crippen LogP contribution in [0.5, 0.6) is 0 Å². The van der Waals surface area contributed by atoms with Crippen LogP contribution >= 0.6 is 0 Å². The van der Waals surface area contributed by atoms with Gasteiger partial charge >= 0.3 is 0 Å². The van der Waals surface area contributed by atoms with E-state index in [-0.39, 0.29) is 6.42 Å². The molecule has 0 bridgehead atoms. The van der Waals surface area contributed by atoms with Crippen molar-refractivity contribution < 1.29 is 74.4 Å². The zero-order chi connectivity index (χ0) is 29.1. The van der Waals surface area contributed by atoms with E-state index in [4.69, 9.17) is 28.4 Å². The van der Waals surface area contributed by atoms with E-state index in [1.807, 2.05) is 0 Å². The van der Waals surface area contributed by atoms with Crippen molar-refractivity contribution in [3.05, 3.63) is 0 Å². The fraction of sp³-hybridized carbons (Fsp3) is 1.00. The molecule has 3 saturated heterocycles. The summed E-state index contributed by atoms with van der Waals surface area (Å²) in [4.78, 5) is 0. The quantitative estimate of drug-likeness (QED) is 0.104. The third-order valence-electron chi connectivity index (χ3n) is 7.09. The zero-order valence-electron chi connectivity index (χ0n) is 22.3. The maximum Gasteiger partial charge on any atom is 0.187 e. The van der Waals surface area contributed by atoms with Crippen LogP contribution in [0.1, 0.15) is 6.42 Å². The lowest BCUT2D eigenvalue weighted by Gasteiger charge is -2.46. The molecule has 0 radical (unpaired) electrons. The second-order valence-electron chi connectivity index (χ2n) is 11.4. The SMILES string of the molecule is C[Si](C)(C)CCO[C@@H]1O[C@H](CO)[C@@H](O[C@@H]2O[C@H](CO)[C@H](O[C@H]3O[C@H](CO)[C@H](O)[C@H](O)[C@H]3O)C[C@H]2O)[C@H](O)[C@H]1O. The molecule has 0 spiro atoms. The van der Waals surface area contributed by atoms with Gasteiger partial charge in [0.25, 0.3) is 0 Å². The molecule has 16 heteroatoms. The van der Waals surface area contributed by atoms with Gasteiger partial charge in [0, 0.05) is 21.1 Å². The first kappa shape index (κ1) is 33.1. The Kier molecular flexibility index (Phi) is 12.1. The van der Waals surface area contributed by atoms with Crippen LogP contribution in [0.25, 0.3) is 0 Å². The van der Waals surface area contributed by atoms with Gasteiger partial charge in [-0.3, -0.25) is 0 Å². The van der Waals surface area contributed by atoms with E-state index in [1.54, 1.807) is 0 Å². The molecular weight excluding hydrogens is 544 g/mol. The number of aliphatic hydroxyl groups is 9. The fourth-order valence-corrected chi connectivity index (χ4v) is 5.35. The summed E-state index contributed by atoms with van der Waals surface area (Å²) in [6.45, 7) is 4.86. The summed E-state index contributed by atoms with van der Waals surface area (Å²) in [5.74, 6) is 0. The Bertz CT molecular complexity index is 739. The summed E-state index contributed by atoms with van der Waals surface area (Å²) in [6, 6.07) is 0.788. The molecule has 14 atom stereocenters. The monoisotopic (exact) mass is 588 g/mol. The van der Waals surface area contributed by atoms with Crippen LogP contribution in [0, 0.1) is 0 Å². The minimum absolute atomic E-state index is 0.219. The first-order valence-corrected chi connectivity index (χ1v) is 16.8. The van der Waals surface area contributed by atoms with Crippen molar-refractivity contribution in [3.63, 3.8) is 0 Å². The summed E-state index contributed by atoms with van der Waals surface area (Å²) in [7, 11) is -1.43. The molecule has 0 amide bonds. The maximum absolute atomic E-state index is 10.7. The molecule has 0 aromatic rings. The van der Waals surface area contributed by atoms with Crippen molar-refractivity contribution in [1.82, 2.24) is 0 Å². The highest BCUT2D eigenvalue weighted by Gasteiger charge is 2.50. The lowest BCUT2D eigenvalue weighted by Crippen LogP contribution is -2.63. The van der Waals surface area contributed by atoms with E-state index in [1.165, 1.54) is 0 Å². The Morgan fingerprint density at radius 1 is 0.641 bits per heavy atom. The molecule has 3 aliphatic rings. The minimum atomic E-state index is -1.70. The molecule has 15 nitrogen and oxygen atoms in total. The normalized spacial score (nSPS) is 45.8. The molecule has 3 heterocycles. The predicted molar refractivity (Wildman–Crippen MR) is 132 cm³/mol. The standard InChI is InChI=1S/C23H44O15Si/c1-39(2,3)5-4-33-22-19(32)17(30)20(14(9-26)37-22)38-21-10(27)6-11(12(7-24)35-21)34-23-18(31)16(29)15(28)13(8-25)36-23/h10-32H,4-9H2,1-3H3/t10-,11-,12-,13-,14-,15+,16+,17-,18-,19-,20-,21+,22-,23+/m1/s1. The van der Waals surface area contributed by atoms with Gasteiger partial charge in [-0.15, -0.1) is 0 Å². The van der Waals surface area contributed by atoms with Crippen molar-refractivity contribution in [2.75, 3.05) is 26.4 Å². The first-order chi connectivity index (χ1) is 18.3. The van der Waals surface area contributed by atoms with Crippen molar-refractivity contribution >= 4 is 8.07 Å². The van der Waals surface area contributed by atoms with Crippen LogP contribution in [0.4, 0.5) is 0 Å². The molecule has 39 heavy (non-hydrogen) atoms. The Labute approximate surface area is 227 Å². The zero-order valence-corrected chi connectivity index (χ0v) is 23.3. The molecule has 0 aromatic carbocycles. The molecule has 0 aliphatic carbocycles. The van der Waals surface area contributed by atoms with Crippen LogP contribution in [-0.4, -0.2) is 166 Å². The number of rotatable bonds is 11. The van der Waals surface area contributed by atoms with E-state index in [0.29, 0.717) is 6.61 Å². The molecule has 0 aromatic heterocycles. The van der Waals surface area contributed by atoms with Crippen molar-refractivity contribution in [2.45, 2.75) is 118 Å². The third-order valence-corrected chi connectivity index (χ3v) is 8.80. The van der Waals surface area contributed by atoms with Gasteiger partial charge in [-0.25, -0.2) is 0 Å². The predicted octanol–water partition coefficient (Wildman–Crippen LogP) is -4.18. The lowest BCUT2D eigenvalue weighted by molar-refractivity contribution is -0.365. The van der Waals surface area contributed by atoms with Gasteiger partial charge in [-0.2, -0.15) is 0 Å². The topological polar surface area (TPSA) is 237 Å². The Morgan fingerprint density at radius 3 is 1.79 bits per heavy atom. The van der Waals surface area contributed by atoms with Gasteiger partial charge in [-0.1, -0.05) is 19.6 Å². The number of hydrogen-bond acceptors (Lipinski definition) is 15. The van der Waals surface area contributed by atoms with Gasteiger partial charge in [0.05, 0.1) is 25.9 Å². The molecule has 0 saturated carbocycles. The van der Waals surface area contributed by atoms with Gasteiger partial charge in [0.1, 0.15) is 61.0 Å². The Morgan fingerprint density at radius 2 is 1.21 bits per heavy atom. The van der Waals surface area contributed by atoms with Gasteiger partial charge in [0.2, 0.25) is 0 Å². The van der Waals surface area contributed by atoms with Gasteiger partial charge in [-0.05, 0) is 6.04 Å². The molecule has 3 rings (SSSR count). The highest BCUT2D eigenvalue weighted by Crippen LogP contribution is 2.32. The fourth-order valence-electron chi connectivity index (χ4n) is 4.62. The van der Waals surface area contributed by atoms with Crippen LogP contribution in [0.15, 0.2) is 0 Å². The lowest BCUT2D eigenvalue weighted by atomic mass is 9.97. The van der Waals surface area contributed by atoms with Crippen molar-refractivity contribution in [2.24, 2.45) is 0 Å². The first-order valence-electron chi connectivity index (χ1n) is 13.1. The van der Waals surface area contributed by atoms with Crippen LogP contribution in [0.2, 0.25) is 25.7 Å². The number of hydrogen-bond donors (Lipinski definition) is 9. The molecule has 9 N–H and O–H groups in total. The smallest absolute Gasteiger partial charge is 0.187 e. The van der Waals surface area contributed by atoms with Crippen LogP contribution < -0.4 is 0 Å². The average Bonchev–Trinajstić information content (AvgIpc) is 2.88. The van der Waals surface area contributed by atoms with Gasteiger partial charge in [0.15, 0.2) is 18.9 Å². The van der Waals surface area contributed by atoms with E-state index in [2.05, 4.69) is 19.6 Å². The summed E-state index contributed by atoms with van der Waals surface area (Å²) < 4.78 is 33.6. The Hall–Kier alpha value is -0.383. The molecule has 3 fully saturated rings. The van der Waals surface area contributed by atoms with Crippen molar-refractivity contribution in [3.8, 4) is 0 Å².